The van der Waals surface area contributed by atoms with E-state index in [-0.39, 0.29) is 6.61 Å². The lowest BCUT2D eigenvalue weighted by atomic mass is 10.0. The molecule has 2 rings (SSSR count). The molecule has 3 heteroatoms. The van der Waals surface area contributed by atoms with Crippen LogP contribution < -0.4 is 9.47 Å². The Hall–Kier alpha value is -2.00. The number of hydrogen-bond acceptors (Lipinski definition) is 3. The van der Waals surface area contributed by atoms with Gasteiger partial charge in [-0.15, -0.1) is 0 Å². The van der Waals surface area contributed by atoms with Crippen LogP contribution in [0.5, 0.6) is 11.5 Å². The van der Waals surface area contributed by atoms with Gasteiger partial charge < -0.3 is 14.6 Å². The predicted molar refractivity (Wildman–Crippen MR) is 74.6 cm³/mol. The molecule has 1 atom stereocenters. The van der Waals surface area contributed by atoms with Gasteiger partial charge in [0.2, 0.25) is 0 Å². The molecule has 19 heavy (non-hydrogen) atoms. The summed E-state index contributed by atoms with van der Waals surface area (Å²) in [6, 6.07) is 15.1. The minimum atomic E-state index is -0.647. The molecule has 0 amide bonds. The highest BCUT2D eigenvalue weighted by Crippen LogP contribution is 2.27. The zero-order chi connectivity index (χ0) is 13.7. The number of methoxy groups -OCH3 is 1. The van der Waals surface area contributed by atoms with Gasteiger partial charge in [0.15, 0.2) is 11.5 Å². The van der Waals surface area contributed by atoms with Crippen LogP contribution in [0.25, 0.3) is 0 Å². The smallest absolute Gasteiger partial charge is 0.161 e. The zero-order valence-electron chi connectivity index (χ0n) is 11.2. The third-order valence-corrected chi connectivity index (χ3v) is 3.01. The fraction of sp³-hybridized carbons (Fsp3) is 0.250. The van der Waals surface area contributed by atoms with Crippen LogP contribution in [0.3, 0.4) is 0 Å². The first-order valence-corrected chi connectivity index (χ1v) is 6.21. The molecule has 2 aromatic rings. The van der Waals surface area contributed by atoms with Crippen LogP contribution in [0.1, 0.15) is 17.2 Å². The van der Waals surface area contributed by atoms with Gasteiger partial charge >= 0.3 is 0 Å². The molecule has 0 fully saturated rings. The van der Waals surface area contributed by atoms with Crippen molar-refractivity contribution in [1.29, 1.82) is 0 Å². The van der Waals surface area contributed by atoms with Crippen molar-refractivity contribution in [3.63, 3.8) is 0 Å². The Bertz CT molecular complexity index is 537. The van der Waals surface area contributed by atoms with Gasteiger partial charge in [0.1, 0.15) is 12.7 Å². The molecule has 0 bridgehead atoms. The number of para-hydroxylation sites is 2. The lowest BCUT2D eigenvalue weighted by Gasteiger charge is -2.16. The monoisotopic (exact) mass is 258 g/mol. The van der Waals surface area contributed by atoms with Crippen molar-refractivity contribution < 1.29 is 14.6 Å². The highest BCUT2D eigenvalue weighted by molar-refractivity contribution is 5.39. The number of hydrogen-bond donors (Lipinski definition) is 1. The molecule has 1 N–H and O–H groups in total. The van der Waals surface area contributed by atoms with Gasteiger partial charge in [-0.1, -0.05) is 36.4 Å². The molecule has 2 aromatic carbocycles. The molecule has 0 radical (unpaired) electrons. The molecule has 100 valence electrons. The van der Waals surface area contributed by atoms with Gasteiger partial charge in [0.05, 0.1) is 7.11 Å². The summed E-state index contributed by atoms with van der Waals surface area (Å²) in [4.78, 5) is 0. The minimum absolute atomic E-state index is 0.200. The first-order valence-electron chi connectivity index (χ1n) is 6.21. The van der Waals surface area contributed by atoms with E-state index in [1.807, 2.05) is 55.5 Å². The van der Waals surface area contributed by atoms with Crippen LogP contribution in [0.2, 0.25) is 0 Å². The van der Waals surface area contributed by atoms with E-state index in [1.54, 1.807) is 7.11 Å². The first-order chi connectivity index (χ1) is 9.22. The lowest BCUT2D eigenvalue weighted by Crippen LogP contribution is -2.11. The van der Waals surface area contributed by atoms with E-state index in [1.165, 1.54) is 0 Å². The molecule has 0 spiro atoms. The molecule has 0 aliphatic heterocycles. The molecule has 3 nitrogen and oxygen atoms in total. The van der Waals surface area contributed by atoms with Crippen LogP contribution in [-0.4, -0.2) is 18.8 Å². The van der Waals surface area contributed by atoms with Crippen LogP contribution >= 0.6 is 0 Å². The van der Waals surface area contributed by atoms with E-state index in [0.717, 1.165) is 11.1 Å². The second-order valence-corrected chi connectivity index (χ2v) is 4.33. The summed E-state index contributed by atoms with van der Waals surface area (Å²) in [6.45, 7) is 2.17. The van der Waals surface area contributed by atoms with Crippen molar-refractivity contribution in [1.82, 2.24) is 0 Å². The molecule has 1 unspecified atom stereocenters. The van der Waals surface area contributed by atoms with Gasteiger partial charge in [-0.05, 0) is 30.2 Å². The Morgan fingerprint density at radius 2 is 1.63 bits per heavy atom. The van der Waals surface area contributed by atoms with Crippen molar-refractivity contribution in [2.24, 2.45) is 0 Å². The summed E-state index contributed by atoms with van der Waals surface area (Å²) in [5, 5.41) is 10.2. The maximum Gasteiger partial charge on any atom is 0.161 e. The summed E-state index contributed by atoms with van der Waals surface area (Å²) in [7, 11) is 1.60. The molecular weight excluding hydrogens is 240 g/mol. The predicted octanol–water partition coefficient (Wildman–Crippen LogP) is 3.12. The normalized spacial score (nSPS) is 11.9. The van der Waals surface area contributed by atoms with Crippen LogP contribution in [0.4, 0.5) is 0 Å². The Morgan fingerprint density at radius 1 is 1.00 bits per heavy atom. The van der Waals surface area contributed by atoms with E-state index in [4.69, 9.17) is 9.47 Å². The highest BCUT2D eigenvalue weighted by Gasteiger charge is 2.12. The molecule has 0 saturated carbocycles. The summed E-state index contributed by atoms with van der Waals surface area (Å²) < 4.78 is 10.8. The standard InChI is InChI=1S/C16H18O3/c1-12-7-3-4-8-13(12)14(17)11-19-16-10-6-5-9-15(16)18-2/h3-10,14,17H,11H2,1-2H3. The van der Waals surface area contributed by atoms with E-state index in [9.17, 15) is 5.11 Å². The molecule has 0 heterocycles. The number of aryl methyl sites for hydroxylation is 1. The average molecular weight is 258 g/mol. The fourth-order valence-corrected chi connectivity index (χ4v) is 1.96. The Morgan fingerprint density at radius 3 is 2.32 bits per heavy atom. The Kier molecular flexibility index (Phi) is 4.42. The third-order valence-electron chi connectivity index (χ3n) is 3.01. The van der Waals surface area contributed by atoms with E-state index in [0.29, 0.717) is 11.5 Å². The summed E-state index contributed by atoms with van der Waals surface area (Å²) >= 11 is 0. The van der Waals surface area contributed by atoms with Crippen molar-refractivity contribution in [3.05, 3.63) is 59.7 Å². The third kappa shape index (κ3) is 3.26. The van der Waals surface area contributed by atoms with Gasteiger partial charge in [-0.2, -0.15) is 0 Å². The summed E-state index contributed by atoms with van der Waals surface area (Å²) in [5.74, 6) is 1.30. The lowest BCUT2D eigenvalue weighted by molar-refractivity contribution is 0.106. The first kappa shape index (κ1) is 13.4. The second kappa shape index (κ2) is 6.25. The second-order valence-electron chi connectivity index (χ2n) is 4.33. The van der Waals surface area contributed by atoms with Crippen molar-refractivity contribution in [3.8, 4) is 11.5 Å². The van der Waals surface area contributed by atoms with E-state index >= 15 is 0 Å². The molecule has 0 aromatic heterocycles. The molecular formula is C16H18O3. The largest absolute Gasteiger partial charge is 0.493 e. The number of ether oxygens (including phenoxy) is 2. The number of rotatable bonds is 5. The topological polar surface area (TPSA) is 38.7 Å². The van der Waals surface area contributed by atoms with Gasteiger partial charge in [0, 0.05) is 0 Å². The average Bonchev–Trinajstić information content (AvgIpc) is 2.45. The van der Waals surface area contributed by atoms with Gasteiger partial charge in [-0.25, -0.2) is 0 Å². The minimum Gasteiger partial charge on any atom is -0.493 e. The van der Waals surface area contributed by atoms with E-state index in [2.05, 4.69) is 0 Å². The fourth-order valence-electron chi connectivity index (χ4n) is 1.96. The highest BCUT2D eigenvalue weighted by atomic mass is 16.5. The molecule has 0 aliphatic carbocycles. The summed E-state index contributed by atoms with van der Waals surface area (Å²) in [5.41, 5.74) is 1.94. The van der Waals surface area contributed by atoms with Crippen molar-refractivity contribution in [2.75, 3.05) is 13.7 Å². The number of benzene rings is 2. The van der Waals surface area contributed by atoms with Crippen LogP contribution in [0.15, 0.2) is 48.5 Å². The van der Waals surface area contributed by atoms with Crippen LogP contribution in [0, 0.1) is 6.92 Å². The van der Waals surface area contributed by atoms with Gasteiger partial charge in [-0.3, -0.25) is 0 Å². The summed E-state index contributed by atoms with van der Waals surface area (Å²) in [6.07, 6.45) is -0.647. The number of aliphatic hydroxyl groups is 1. The quantitative estimate of drug-likeness (QED) is 0.895. The maximum absolute atomic E-state index is 10.2. The number of aliphatic hydroxyl groups excluding tert-OH is 1. The van der Waals surface area contributed by atoms with Crippen molar-refractivity contribution >= 4 is 0 Å². The SMILES string of the molecule is COc1ccccc1OCC(O)c1ccccc1C. The van der Waals surface area contributed by atoms with Crippen molar-refractivity contribution in [2.45, 2.75) is 13.0 Å². The van der Waals surface area contributed by atoms with E-state index < -0.39 is 6.10 Å². The Labute approximate surface area is 113 Å². The van der Waals surface area contributed by atoms with Gasteiger partial charge in [0.25, 0.3) is 0 Å². The molecule has 0 aliphatic rings. The Balaban J connectivity index is 2.04. The molecule has 0 saturated heterocycles. The maximum atomic E-state index is 10.2. The zero-order valence-corrected chi connectivity index (χ0v) is 11.2. The van der Waals surface area contributed by atoms with Crippen LogP contribution in [-0.2, 0) is 0 Å².